The Hall–Kier alpha value is -1.10. The van der Waals surface area contributed by atoms with Gasteiger partial charge in [0.25, 0.3) is 0 Å². The number of carboxylic acids is 1. The van der Waals surface area contributed by atoms with Crippen LogP contribution in [0.25, 0.3) is 0 Å². The summed E-state index contributed by atoms with van der Waals surface area (Å²) in [6.45, 7) is 3.02. The minimum absolute atomic E-state index is 0.0290. The topological polar surface area (TPSA) is 77.8 Å². The molecule has 1 saturated carbocycles. The van der Waals surface area contributed by atoms with Crippen molar-refractivity contribution in [2.45, 2.75) is 38.7 Å². The summed E-state index contributed by atoms with van der Waals surface area (Å²) in [7, 11) is 0. The van der Waals surface area contributed by atoms with Crippen molar-refractivity contribution in [1.29, 1.82) is 0 Å². The Kier molecular flexibility index (Phi) is 3.90. The number of hydrogen-bond acceptors (Lipinski definition) is 3. The van der Waals surface area contributed by atoms with Crippen LogP contribution in [0.1, 0.15) is 32.6 Å². The Morgan fingerprint density at radius 1 is 1.17 bits per heavy atom. The van der Waals surface area contributed by atoms with Gasteiger partial charge < -0.3 is 15.1 Å². The van der Waals surface area contributed by atoms with Crippen LogP contribution in [0.3, 0.4) is 0 Å². The van der Waals surface area contributed by atoms with Crippen molar-refractivity contribution in [3.05, 3.63) is 0 Å². The average Bonchev–Trinajstić information content (AvgIpc) is 2.81. The summed E-state index contributed by atoms with van der Waals surface area (Å²) in [4.78, 5) is 25.2. The van der Waals surface area contributed by atoms with E-state index < -0.39 is 11.9 Å². The Morgan fingerprint density at radius 3 is 2.44 bits per heavy atom. The highest BCUT2D eigenvalue weighted by atomic mass is 16.4. The molecule has 0 radical (unpaired) electrons. The highest BCUT2D eigenvalue weighted by Crippen LogP contribution is 2.34. The fraction of sp³-hybridized carbons (Fsp3) is 0.846. The van der Waals surface area contributed by atoms with Gasteiger partial charge in [-0.2, -0.15) is 0 Å². The van der Waals surface area contributed by atoms with Gasteiger partial charge in [0.05, 0.1) is 17.9 Å². The monoisotopic (exact) mass is 255 g/mol. The van der Waals surface area contributed by atoms with E-state index in [1.54, 1.807) is 4.90 Å². The summed E-state index contributed by atoms with van der Waals surface area (Å²) in [5, 5.41) is 18.8. The van der Waals surface area contributed by atoms with E-state index in [4.69, 9.17) is 5.11 Å². The molecular formula is C13H21NO4. The molecule has 4 unspecified atom stereocenters. The van der Waals surface area contributed by atoms with Crippen LogP contribution < -0.4 is 0 Å². The number of aliphatic hydroxyl groups is 1. The van der Waals surface area contributed by atoms with Gasteiger partial charge in [-0.3, -0.25) is 9.59 Å². The SMILES string of the molecule is CC1CN(C(=O)C2CCCC2C(=O)O)CCC1O. The van der Waals surface area contributed by atoms with Gasteiger partial charge in [0, 0.05) is 13.1 Å². The van der Waals surface area contributed by atoms with Crippen molar-refractivity contribution >= 4 is 11.9 Å². The van der Waals surface area contributed by atoms with E-state index in [0.29, 0.717) is 32.4 Å². The summed E-state index contributed by atoms with van der Waals surface area (Å²) in [5.41, 5.74) is 0. The van der Waals surface area contributed by atoms with E-state index in [0.717, 1.165) is 6.42 Å². The Morgan fingerprint density at radius 2 is 1.83 bits per heavy atom. The number of rotatable bonds is 2. The molecule has 0 aromatic heterocycles. The first kappa shape index (κ1) is 13.3. The van der Waals surface area contributed by atoms with Crippen molar-refractivity contribution in [3.63, 3.8) is 0 Å². The van der Waals surface area contributed by atoms with Gasteiger partial charge >= 0.3 is 5.97 Å². The quantitative estimate of drug-likeness (QED) is 0.762. The summed E-state index contributed by atoms with van der Waals surface area (Å²) < 4.78 is 0. The number of amides is 1. The number of aliphatic hydroxyl groups excluding tert-OH is 1. The summed E-state index contributed by atoms with van der Waals surface area (Å²) in [5.74, 6) is -1.67. The molecule has 5 nitrogen and oxygen atoms in total. The molecule has 2 fully saturated rings. The standard InChI is InChI=1S/C13H21NO4/c1-8-7-14(6-5-11(8)15)12(16)9-3-2-4-10(9)13(17)18/h8-11,15H,2-7H2,1H3,(H,17,18). The lowest BCUT2D eigenvalue weighted by Crippen LogP contribution is -2.48. The number of piperidine rings is 1. The van der Waals surface area contributed by atoms with Crippen LogP contribution in [0.4, 0.5) is 0 Å². The normalized spacial score (nSPS) is 36.7. The van der Waals surface area contributed by atoms with Crippen molar-refractivity contribution in [2.75, 3.05) is 13.1 Å². The molecule has 1 aliphatic carbocycles. The van der Waals surface area contributed by atoms with Crippen molar-refractivity contribution < 1.29 is 19.8 Å². The van der Waals surface area contributed by atoms with E-state index in [1.807, 2.05) is 6.92 Å². The van der Waals surface area contributed by atoms with Gasteiger partial charge in [-0.05, 0) is 25.2 Å². The summed E-state index contributed by atoms with van der Waals surface area (Å²) in [6, 6.07) is 0. The summed E-state index contributed by atoms with van der Waals surface area (Å²) >= 11 is 0. The number of nitrogens with zero attached hydrogens (tertiary/aromatic N) is 1. The number of carbonyl (C=O) groups excluding carboxylic acids is 1. The molecule has 2 N–H and O–H groups in total. The van der Waals surface area contributed by atoms with Gasteiger partial charge in [-0.15, -0.1) is 0 Å². The number of carbonyl (C=O) groups is 2. The molecule has 0 aromatic carbocycles. The third-order valence-corrected chi connectivity index (χ3v) is 4.32. The third kappa shape index (κ3) is 2.51. The highest BCUT2D eigenvalue weighted by Gasteiger charge is 2.41. The van der Waals surface area contributed by atoms with E-state index >= 15 is 0 Å². The van der Waals surface area contributed by atoms with E-state index in [2.05, 4.69) is 0 Å². The zero-order valence-electron chi connectivity index (χ0n) is 10.7. The first-order chi connectivity index (χ1) is 8.50. The molecule has 0 bridgehead atoms. The highest BCUT2D eigenvalue weighted by molar-refractivity contribution is 5.85. The van der Waals surface area contributed by atoms with Crippen molar-refractivity contribution in [3.8, 4) is 0 Å². The lowest BCUT2D eigenvalue weighted by atomic mass is 9.91. The fourth-order valence-electron chi connectivity index (χ4n) is 3.12. The molecule has 2 rings (SSSR count). The van der Waals surface area contributed by atoms with Gasteiger partial charge in [-0.1, -0.05) is 13.3 Å². The van der Waals surface area contributed by atoms with Gasteiger partial charge in [-0.25, -0.2) is 0 Å². The van der Waals surface area contributed by atoms with Gasteiger partial charge in [0.2, 0.25) is 5.91 Å². The predicted molar refractivity (Wildman–Crippen MR) is 64.8 cm³/mol. The lowest BCUT2D eigenvalue weighted by Gasteiger charge is -2.36. The molecule has 102 valence electrons. The lowest BCUT2D eigenvalue weighted by molar-refractivity contribution is -0.150. The predicted octanol–water partition coefficient (Wildman–Crippen LogP) is 0.717. The maximum absolute atomic E-state index is 12.3. The van der Waals surface area contributed by atoms with Gasteiger partial charge in [0.1, 0.15) is 0 Å². The maximum Gasteiger partial charge on any atom is 0.307 e. The molecule has 0 spiro atoms. The summed E-state index contributed by atoms with van der Waals surface area (Å²) in [6.07, 6.45) is 2.37. The zero-order valence-corrected chi connectivity index (χ0v) is 10.7. The molecule has 1 heterocycles. The Labute approximate surface area is 107 Å². The van der Waals surface area contributed by atoms with Crippen LogP contribution in [0.5, 0.6) is 0 Å². The minimum Gasteiger partial charge on any atom is -0.481 e. The minimum atomic E-state index is -0.851. The van der Waals surface area contributed by atoms with Crippen LogP contribution in [-0.4, -0.2) is 46.2 Å². The molecule has 18 heavy (non-hydrogen) atoms. The zero-order chi connectivity index (χ0) is 13.3. The number of aliphatic carboxylic acids is 1. The second-order valence-electron chi connectivity index (χ2n) is 5.60. The van der Waals surface area contributed by atoms with Crippen LogP contribution in [0, 0.1) is 17.8 Å². The Bertz CT molecular complexity index is 344. The number of likely N-dealkylation sites (tertiary alicyclic amines) is 1. The fourth-order valence-corrected chi connectivity index (χ4v) is 3.12. The maximum atomic E-state index is 12.3. The van der Waals surface area contributed by atoms with E-state index in [-0.39, 0.29) is 23.8 Å². The van der Waals surface area contributed by atoms with Crippen molar-refractivity contribution in [2.24, 2.45) is 17.8 Å². The molecule has 1 aliphatic heterocycles. The molecule has 5 heteroatoms. The molecule has 4 atom stereocenters. The van der Waals surface area contributed by atoms with Crippen LogP contribution in [0.15, 0.2) is 0 Å². The van der Waals surface area contributed by atoms with Gasteiger partial charge in [0.15, 0.2) is 0 Å². The first-order valence-electron chi connectivity index (χ1n) is 6.70. The van der Waals surface area contributed by atoms with E-state index in [1.165, 1.54) is 0 Å². The second-order valence-corrected chi connectivity index (χ2v) is 5.60. The van der Waals surface area contributed by atoms with Crippen LogP contribution in [-0.2, 0) is 9.59 Å². The molecular weight excluding hydrogens is 234 g/mol. The number of carboxylic acid groups (broad SMARTS) is 1. The van der Waals surface area contributed by atoms with Crippen LogP contribution >= 0.6 is 0 Å². The van der Waals surface area contributed by atoms with Crippen molar-refractivity contribution in [1.82, 2.24) is 4.90 Å². The number of hydrogen-bond donors (Lipinski definition) is 2. The largest absolute Gasteiger partial charge is 0.481 e. The molecule has 1 saturated heterocycles. The molecule has 1 amide bonds. The Balaban J connectivity index is 2.01. The third-order valence-electron chi connectivity index (χ3n) is 4.32. The first-order valence-corrected chi connectivity index (χ1v) is 6.70. The molecule has 2 aliphatic rings. The van der Waals surface area contributed by atoms with Crippen LogP contribution in [0.2, 0.25) is 0 Å². The second kappa shape index (κ2) is 5.26. The van der Waals surface area contributed by atoms with E-state index in [9.17, 15) is 14.7 Å². The molecule has 0 aromatic rings. The smallest absolute Gasteiger partial charge is 0.307 e. The average molecular weight is 255 g/mol.